The highest BCUT2D eigenvalue weighted by Crippen LogP contribution is 2.40. The first-order valence-electron chi connectivity index (χ1n) is 13.0. The van der Waals surface area contributed by atoms with Crippen molar-refractivity contribution in [3.8, 4) is 28.3 Å². The number of hydrogen-bond donors (Lipinski definition) is 3. The Bertz CT molecular complexity index is 1580. The van der Waals surface area contributed by atoms with E-state index in [1.54, 1.807) is 42.6 Å². The molecule has 216 valence electrons. The first kappa shape index (κ1) is 28.7. The van der Waals surface area contributed by atoms with E-state index in [0.717, 1.165) is 0 Å². The van der Waals surface area contributed by atoms with Gasteiger partial charge in [0.05, 0.1) is 26.4 Å². The van der Waals surface area contributed by atoms with Gasteiger partial charge in [-0.1, -0.05) is 18.2 Å². The minimum Gasteiger partial charge on any atom is -0.494 e. The van der Waals surface area contributed by atoms with Crippen LogP contribution in [0.4, 0.5) is 20.4 Å². The van der Waals surface area contributed by atoms with Crippen LogP contribution in [-0.4, -0.2) is 63.2 Å². The summed E-state index contributed by atoms with van der Waals surface area (Å²) in [6.07, 6.45) is -0.257. The van der Waals surface area contributed by atoms with E-state index in [1.165, 1.54) is 13.2 Å². The largest absolute Gasteiger partial charge is 0.494 e. The lowest BCUT2D eigenvalue weighted by atomic mass is 9.97. The molecule has 41 heavy (non-hydrogen) atoms. The van der Waals surface area contributed by atoms with Crippen molar-refractivity contribution in [2.75, 3.05) is 44.0 Å². The van der Waals surface area contributed by atoms with Crippen LogP contribution in [0.5, 0.6) is 5.75 Å². The summed E-state index contributed by atoms with van der Waals surface area (Å²) in [6.45, 7) is 3.54. The number of fused-ring (bicyclic) bond motifs is 1. The van der Waals surface area contributed by atoms with Gasteiger partial charge in [-0.25, -0.2) is 32.7 Å². The number of alkyl halides is 1. The summed E-state index contributed by atoms with van der Waals surface area (Å²) in [5.41, 5.74) is 7.47. The molecule has 1 fully saturated rings. The fourth-order valence-electron chi connectivity index (χ4n) is 4.87. The summed E-state index contributed by atoms with van der Waals surface area (Å²) >= 11 is -2.27. The Morgan fingerprint density at radius 2 is 2.10 bits per heavy atom. The number of aromatic nitrogens is 3. The Morgan fingerprint density at radius 1 is 1.27 bits per heavy atom. The Labute approximate surface area is 238 Å². The highest BCUT2D eigenvalue weighted by atomic mass is 32.2. The Hall–Kier alpha value is -3.78. The van der Waals surface area contributed by atoms with Gasteiger partial charge in [-0.15, -0.1) is 0 Å². The van der Waals surface area contributed by atoms with Gasteiger partial charge in [-0.3, -0.25) is 4.55 Å². The quantitative estimate of drug-likeness (QED) is 0.244. The molecule has 1 saturated heterocycles. The second-order valence-corrected chi connectivity index (χ2v) is 10.4. The Morgan fingerprint density at radius 3 is 2.80 bits per heavy atom. The number of rotatable bonds is 9. The van der Waals surface area contributed by atoms with Crippen LogP contribution in [0.15, 0.2) is 48.7 Å². The maximum Gasteiger partial charge on any atom is 0.231 e. The van der Waals surface area contributed by atoms with Crippen molar-refractivity contribution in [3.05, 3.63) is 60.0 Å². The lowest BCUT2D eigenvalue weighted by Crippen LogP contribution is -2.44. The molecule has 0 aliphatic carbocycles. The number of nitrogens with zero attached hydrogens (tertiary/aromatic N) is 4. The molecule has 3 atom stereocenters. The van der Waals surface area contributed by atoms with E-state index in [1.807, 2.05) is 6.92 Å². The van der Waals surface area contributed by atoms with Crippen molar-refractivity contribution in [2.45, 2.75) is 25.6 Å². The van der Waals surface area contributed by atoms with E-state index in [-0.39, 0.29) is 30.1 Å². The van der Waals surface area contributed by atoms with Gasteiger partial charge in [-0.05, 0) is 43.2 Å². The topological polar surface area (TPSA) is 136 Å². The predicted molar refractivity (Wildman–Crippen MR) is 154 cm³/mol. The van der Waals surface area contributed by atoms with Crippen LogP contribution in [0.3, 0.4) is 0 Å². The number of morpholine rings is 1. The molecule has 0 bridgehead atoms. The zero-order valence-electron chi connectivity index (χ0n) is 22.5. The molecule has 4 aromatic rings. The summed E-state index contributed by atoms with van der Waals surface area (Å²) in [7, 11) is 1.50. The first-order valence-corrected chi connectivity index (χ1v) is 14.1. The standard InChI is InChI=1S/C28H30F2N6O4S/c1-16-15-40-11-10-36(16)28-21-12-18(19-4-3-5-20(25(19)30)22(29)8-9-33-41(37)38)13-23(39-2)26(21)34-27(35-28)17-6-7-24(31)32-14-17/h3-7,12-14,16,22,33H,8-11,15H2,1-2H3,(H2,31,32)(H,37,38). The number of pyridine rings is 1. The number of nitrogens with one attached hydrogen (secondary N) is 1. The molecular formula is C28H30F2N6O4S. The average Bonchev–Trinajstić information content (AvgIpc) is 2.96. The monoisotopic (exact) mass is 584 g/mol. The van der Waals surface area contributed by atoms with E-state index in [2.05, 4.69) is 14.6 Å². The van der Waals surface area contributed by atoms with Crippen molar-refractivity contribution < 1.29 is 27.0 Å². The molecule has 1 aliphatic rings. The number of nitrogen functional groups attached to an aromatic ring is 1. The van der Waals surface area contributed by atoms with E-state index in [0.29, 0.717) is 65.0 Å². The van der Waals surface area contributed by atoms with Crippen molar-refractivity contribution in [3.63, 3.8) is 0 Å². The molecule has 13 heteroatoms. The number of methoxy groups -OCH3 is 1. The van der Waals surface area contributed by atoms with Gasteiger partial charge in [0.15, 0.2) is 5.82 Å². The van der Waals surface area contributed by atoms with Crippen LogP contribution in [0, 0.1) is 5.82 Å². The van der Waals surface area contributed by atoms with Crippen LogP contribution in [-0.2, 0) is 16.0 Å². The van der Waals surface area contributed by atoms with Crippen LogP contribution < -0.4 is 20.1 Å². The van der Waals surface area contributed by atoms with Crippen LogP contribution in [0.25, 0.3) is 33.4 Å². The van der Waals surface area contributed by atoms with Crippen molar-refractivity contribution in [1.82, 2.24) is 19.7 Å². The zero-order valence-corrected chi connectivity index (χ0v) is 23.3. The zero-order chi connectivity index (χ0) is 29.1. The third-order valence-corrected chi connectivity index (χ3v) is 7.40. The highest BCUT2D eigenvalue weighted by Gasteiger charge is 2.26. The molecule has 1 aliphatic heterocycles. The number of benzene rings is 2. The van der Waals surface area contributed by atoms with Gasteiger partial charge in [0, 0.05) is 41.4 Å². The highest BCUT2D eigenvalue weighted by molar-refractivity contribution is 7.77. The molecule has 3 heterocycles. The van der Waals surface area contributed by atoms with Gasteiger partial charge < -0.3 is 20.1 Å². The summed E-state index contributed by atoms with van der Waals surface area (Å²) in [4.78, 5) is 16.0. The van der Waals surface area contributed by atoms with E-state index in [4.69, 9.17) is 29.7 Å². The Kier molecular flexibility index (Phi) is 8.68. The van der Waals surface area contributed by atoms with E-state index < -0.39 is 23.3 Å². The summed E-state index contributed by atoms with van der Waals surface area (Å²) in [6, 6.07) is 11.4. The molecule has 4 N–H and O–H groups in total. The molecule has 0 saturated carbocycles. The first-order chi connectivity index (χ1) is 19.8. The van der Waals surface area contributed by atoms with Crippen LogP contribution >= 0.6 is 0 Å². The maximum atomic E-state index is 15.8. The van der Waals surface area contributed by atoms with Crippen LogP contribution in [0.2, 0.25) is 0 Å². The molecule has 2 aromatic heterocycles. The number of halogens is 2. The second kappa shape index (κ2) is 12.4. The van der Waals surface area contributed by atoms with Gasteiger partial charge in [-0.2, -0.15) is 0 Å². The molecule has 5 rings (SSSR count). The van der Waals surface area contributed by atoms with Gasteiger partial charge in [0.1, 0.15) is 34.9 Å². The SMILES string of the molecule is COc1cc(-c2cccc(C(F)CCNS(=O)O)c2F)cc2c(N3CCOCC3C)nc(-c3ccc(N)nc3)nc12. The van der Waals surface area contributed by atoms with Crippen LogP contribution in [0.1, 0.15) is 25.1 Å². The van der Waals surface area contributed by atoms with Crippen molar-refractivity contribution in [1.29, 1.82) is 0 Å². The normalized spacial score (nSPS) is 17.0. The third kappa shape index (κ3) is 6.12. The fourth-order valence-corrected chi connectivity index (χ4v) is 5.16. The van der Waals surface area contributed by atoms with Gasteiger partial charge >= 0.3 is 0 Å². The number of nitrogens with two attached hydrogens (primary N) is 1. The smallest absolute Gasteiger partial charge is 0.231 e. The molecular weight excluding hydrogens is 554 g/mol. The average molecular weight is 585 g/mol. The minimum atomic E-state index is -2.27. The van der Waals surface area contributed by atoms with Crippen molar-refractivity contribution in [2.24, 2.45) is 0 Å². The Balaban J connectivity index is 1.66. The van der Waals surface area contributed by atoms with Gasteiger partial charge in [0.2, 0.25) is 11.3 Å². The second-order valence-electron chi connectivity index (χ2n) is 9.64. The molecule has 0 amide bonds. The molecule has 0 radical (unpaired) electrons. The predicted octanol–water partition coefficient (Wildman–Crippen LogP) is 4.44. The van der Waals surface area contributed by atoms with Crippen molar-refractivity contribution >= 4 is 33.8 Å². The van der Waals surface area contributed by atoms with Gasteiger partial charge in [0.25, 0.3) is 0 Å². The lowest BCUT2D eigenvalue weighted by Gasteiger charge is -2.35. The third-order valence-electron chi connectivity index (χ3n) is 6.95. The number of ether oxygens (including phenoxy) is 2. The number of anilines is 2. The minimum absolute atomic E-state index is 0.00288. The van der Waals surface area contributed by atoms with E-state index in [9.17, 15) is 8.60 Å². The molecule has 0 spiro atoms. The summed E-state index contributed by atoms with van der Waals surface area (Å²) in [5, 5.41) is 0.636. The van der Waals surface area contributed by atoms with E-state index >= 15 is 4.39 Å². The summed E-state index contributed by atoms with van der Waals surface area (Å²) < 4.78 is 64.1. The molecule has 3 unspecified atom stereocenters. The lowest BCUT2D eigenvalue weighted by molar-refractivity contribution is 0.0987. The molecule has 10 nitrogen and oxygen atoms in total. The maximum absolute atomic E-state index is 15.8. The molecule has 2 aromatic carbocycles. The number of hydrogen-bond acceptors (Lipinski definition) is 8. The summed E-state index contributed by atoms with van der Waals surface area (Å²) in [5.74, 6) is 1.09. The fraction of sp³-hybridized carbons (Fsp3) is 0.321.